The van der Waals surface area contributed by atoms with Gasteiger partial charge in [-0.3, -0.25) is 4.79 Å². The van der Waals surface area contributed by atoms with E-state index in [4.69, 9.17) is 5.73 Å². The van der Waals surface area contributed by atoms with E-state index in [2.05, 4.69) is 5.32 Å². The van der Waals surface area contributed by atoms with E-state index in [1.807, 2.05) is 6.92 Å². The minimum absolute atomic E-state index is 0.0903. The fourth-order valence-electron chi connectivity index (χ4n) is 0.836. The van der Waals surface area contributed by atoms with Gasteiger partial charge >= 0.3 is 0 Å². The molecule has 3 N–H and O–H groups in total. The highest BCUT2D eigenvalue weighted by molar-refractivity contribution is 5.82. The maximum Gasteiger partial charge on any atom is 0.148 e. The summed E-state index contributed by atoms with van der Waals surface area (Å²) >= 11 is 0. The second kappa shape index (κ2) is 3.58. The summed E-state index contributed by atoms with van der Waals surface area (Å²) < 4.78 is 0. The molecule has 54 valence electrons. The molecule has 0 amide bonds. The molecule has 0 spiro atoms. The third-order valence-corrected chi connectivity index (χ3v) is 1.27. The Bertz CT molecular complexity index is 101. The standard InChI is InChI=1S/C6H14N2O/c1-4(7)6(8-3)5(2)9/h4,6,8H,7H2,1-3H3. The average Bonchev–Trinajstić information content (AvgIpc) is 1.64. The minimum atomic E-state index is -0.190. The Hall–Kier alpha value is -0.410. The van der Waals surface area contributed by atoms with E-state index < -0.39 is 0 Å². The van der Waals surface area contributed by atoms with Crippen molar-refractivity contribution in [3.63, 3.8) is 0 Å². The van der Waals surface area contributed by atoms with Crippen LogP contribution in [0.4, 0.5) is 0 Å². The van der Waals surface area contributed by atoms with E-state index in [1.165, 1.54) is 6.92 Å². The molecular formula is C6H14N2O. The molecule has 0 aromatic heterocycles. The molecule has 3 nitrogen and oxygen atoms in total. The quantitative estimate of drug-likeness (QED) is 0.542. The number of Topliss-reactive ketones (excluding diaryl/α,β-unsaturated/α-hetero) is 1. The van der Waals surface area contributed by atoms with Gasteiger partial charge in [-0.25, -0.2) is 0 Å². The van der Waals surface area contributed by atoms with Crippen LogP contribution in [0.5, 0.6) is 0 Å². The molecule has 9 heavy (non-hydrogen) atoms. The lowest BCUT2D eigenvalue weighted by Gasteiger charge is -2.15. The number of carbonyl (C=O) groups is 1. The normalized spacial score (nSPS) is 16.9. The van der Waals surface area contributed by atoms with E-state index >= 15 is 0 Å². The molecule has 0 aliphatic rings. The zero-order valence-electron chi connectivity index (χ0n) is 6.14. The van der Waals surface area contributed by atoms with Crippen molar-refractivity contribution in [2.45, 2.75) is 25.9 Å². The van der Waals surface area contributed by atoms with Crippen LogP contribution < -0.4 is 11.1 Å². The van der Waals surface area contributed by atoms with Crippen molar-refractivity contribution in [1.82, 2.24) is 5.32 Å². The third kappa shape index (κ3) is 2.58. The summed E-state index contributed by atoms with van der Waals surface area (Å²) in [5.41, 5.74) is 5.46. The molecule has 2 atom stereocenters. The van der Waals surface area contributed by atoms with Gasteiger partial charge in [-0.15, -0.1) is 0 Å². The number of hydrogen-bond donors (Lipinski definition) is 2. The van der Waals surface area contributed by atoms with E-state index in [9.17, 15) is 4.79 Å². The third-order valence-electron chi connectivity index (χ3n) is 1.27. The van der Waals surface area contributed by atoms with Crippen molar-refractivity contribution < 1.29 is 4.79 Å². The first kappa shape index (κ1) is 8.59. The molecule has 0 aliphatic heterocycles. The van der Waals surface area contributed by atoms with Gasteiger partial charge in [0.25, 0.3) is 0 Å². The molecule has 0 bridgehead atoms. The van der Waals surface area contributed by atoms with Crippen LogP contribution >= 0.6 is 0 Å². The van der Waals surface area contributed by atoms with Gasteiger partial charge in [0.2, 0.25) is 0 Å². The summed E-state index contributed by atoms with van der Waals surface area (Å²) in [4.78, 5) is 10.7. The van der Waals surface area contributed by atoms with E-state index in [0.29, 0.717) is 0 Å². The molecule has 0 saturated heterocycles. The van der Waals surface area contributed by atoms with Crippen LogP contribution in [-0.4, -0.2) is 24.9 Å². The van der Waals surface area contributed by atoms with E-state index in [-0.39, 0.29) is 17.9 Å². The van der Waals surface area contributed by atoms with Crippen LogP contribution in [0.25, 0.3) is 0 Å². The van der Waals surface area contributed by atoms with Gasteiger partial charge in [0, 0.05) is 6.04 Å². The summed E-state index contributed by atoms with van der Waals surface area (Å²) in [6.07, 6.45) is 0. The minimum Gasteiger partial charge on any atom is -0.326 e. The van der Waals surface area contributed by atoms with Crippen LogP contribution in [0.1, 0.15) is 13.8 Å². The van der Waals surface area contributed by atoms with Gasteiger partial charge in [-0.05, 0) is 20.9 Å². The number of likely N-dealkylation sites (N-methyl/N-ethyl adjacent to an activating group) is 1. The molecule has 0 fully saturated rings. The number of nitrogens with two attached hydrogens (primary N) is 1. The van der Waals surface area contributed by atoms with Gasteiger partial charge in [-0.2, -0.15) is 0 Å². The van der Waals surface area contributed by atoms with Gasteiger partial charge < -0.3 is 11.1 Å². The first-order valence-corrected chi connectivity index (χ1v) is 3.03. The molecular weight excluding hydrogens is 116 g/mol. The summed E-state index contributed by atoms with van der Waals surface area (Å²) in [7, 11) is 1.73. The van der Waals surface area contributed by atoms with Crippen LogP contribution in [0.3, 0.4) is 0 Å². The first-order valence-electron chi connectivity index (χ1n) is 3.03. The molecule has 0 aromatic carbocycles. The lowest BCUT2D eigenvalue weighted by Crippen LogP contribution is -2.46. The summed E-state index contributed by atoms with van der Waals surface area (Å²) in [6.45, 7) is 3.34. The molecule has 0 aliphatic carbocycles. The van der Waals surface area contributed by atoms with Crippen molar-refractivity contribution in [3.8, 4) is 0 Å². The highest BCUT2D eigenvalue weighted by Crippen LogP contribution is 1.88. The monoisotopic (exact) mass is 130 g/mol. The fraction of sp³-hybridized carbons (Fsp3) is 0.833. The number of carbonyl (C=O) groups excluding carboxylic acids is 1. The Balaban J connectivity index is 3.83. The SMILES string of the molecule is CNC(C(C)=O)C(C)N. The first-order chi connectivity index (χ1) is 4.09. The Morgan fingerprint density at radius 1 is 1.67 bits per heavy atom. The second-order valence-electron chi connectivity index (χ2n) is 2.24. The second-order valence-corrected chi connectivity index (χ2v) is 2.24. The molecule has 0 radical (unpaired) electrons. The summed E-state index contributed by atoms with van der Waals surface area (Å²) in [5.74, 6) is 0.0903. The molecule has 2 unspecified atom stereocenters. The van der Waals surface area contributed by atoms with Gasteiger partial charge in [0.15, 0.2) is 0 Å². The predicted octanol–water partition coefficient (Wildman–Crippen LogP) is -0.489. The van der Waals surface area contributed by atoms with Crippen LogP contribution in [0.15, 0.2) is 0 Å². The molecule has 0 aromatic rings. The van der Waals surface area contributed by atoms with E-state index in [1.54, 1.807) is 7.05 Å². The smallest absolute Gasteiger partial charge is 0.148 e. The van der Waals surface area contributed by atoms with Gasteiger partial charge in [0.05, 0.1) is 6.04 Å². The maximum absolute atomic E-state index is 10.7. The predicted molar refractivity (Wildman–Crippen MR) is 37.2 cm³/mol. The largest absolute Gasteiger partial charge is 0.326 e. The molecule has 0 rings (SSSR count). The van der Waals surface area contributed by atoms with Crippen LogP contribution in [0, 0.1) is 0 Å². The summed E-state index contributed by atoms with van der Waals surface area (Å²) in [6, 6.07) is -0.294. The number of hydrogen-bond acceptors (Lipinski definition) is 3. The number of nitrogens with one attached hydrogen (secondary N) is 1. The fourth-order valence-corrected chi connectivity index (χ4v) is 0.836. The number of rotatable bonds is 3. The van der Waals surface area contributed by atoms with Crippen molar-refractivity contribution in [1.29, 1.82) is 0 Å². The Kier molecular flexibility index (Phi) is 3.42. The molecule has 0 saturated carbocycles. The Morgan fingerprint density at radius 2 is 2.11 bits per heavy atom. The lowest BCUT2D eigenvalue weighted by molar-refractivity contribution is -0.119. The van der Waals surface area contributed by atoms with Crippen molar-refractivity contribution in [2.24, 2.45) is 5.73 Å². The van der Waals surface area contributed by atoms with Gasteiger partial charge in [-0.1, -0.05) is 0 Å². The molecule has 3 heteroatoms. The highest BCUT2D eigenvalue weighted by Gasteiger charge is 2.14. The van der Waals surface area contributed by atoms with Crippen molar-refractivity contribution in [2.75, 3.05) is 7.05 Å². The number of ketones is 1. The van der Waals surface area contributed by atoms with Crippen LogP contribution in [0.2, 0.25) is 0 Å². The lowest BCUT2D eigenvalue weighted by atomic mass is 10.1. The van der Waals surface area contributed by atoms with E-state index in [0.717, 1.165) is 0 Å². The summed E-state index contributed by atoms with van der Waals surface area (Å²) in [5, 5.41) is 2.83. The van der Waals surface area contributed by atoms with Crippen LogP contribution in [-0.2, 0) is 4.79 Å². The molecule has 0 heterocycles. The topological polar surface area (TPSA) is 55.1 Å². The van der Waals surface area contributed by atoms with Gasteiger partial charge in [0.1, 0.15) is 5.78 Å². The Morgan fingerprint density at radius 3 is 2.11 bits per heavy atom. The van der Waals surface area contributed by atoms with Crippen molar-refractivity contribution >= 4 is 5.78 Å². The maximum atomic E-state index is 10.7. The van der Waals surface area contributed by atoms with Crippen molar-refractivity contribution in [3.05, 3.63) is 0 Å². The Labute approximate surface area is 55.6 Å². The zero-order valence-corrected chi connectivity index (χ0v) is 6.14. The zero-order chi connectivity index (χ0) is 7.44. The highest BCUT2D eigenvalue weighted by atomic mass is 16.1. The average molecular weight is 130 g/mol.